The molecule has 2 rings (SSSR count). The van der Waals surface area contributed by atoms with Crippen molar-refractivity contribution in [1.29, 1.82) is 0 Å². The molecule has 1 N–H and O–H groups in total. The van der Waals surface area contributed by atoms with Gasteiger partial charge >= 0.3 is 5.97 Å². The summed E-state index contributed by atoms with van der Waals surface area (Å²) in [4.78, 5) is 10.5. The third kappa shape index (κ3) is 2.23. The first kappa shape index (κ1) is 10.7. The van der Waals surface area contributed by atoms with Gasteiger partial charge in [-0.3, -0.25) is 0 Å². The van der Waals surface area contributed by atoms with Crippen LogP contribution in [-0.4, -0.2) is 24.3 Å². The van der Waals surface area contributed by atoms with E-state index < -0.39 is 5.97 Å². The first-order valence-corrected chi connectivity index (χ1v) is 5.73. The number of aliphatic carboxylic acids is 1. The lowest BCUT2D eigenvalue weighted by Gasteiger charge is -2.46. The zero-order valence-corrected chi connectivity index (χ0v) is 8.95. The molecule has 0 aromatic heterocycles. The minimum Gasteiger partial charge on any atom is -0.478 e. The summed E-state index contributed by atoms with van der Waals surface area (Å²) in [7, 11) is 0. The topological polar surface area (TPSA) is 46.5 Å². The SMILES string of the molecule is O=C(O)/C=C/C1(C2CCCCC2)COC1. The van der Waals surface area contributed by atoms with Crippen LogP contribution in [0.2, 0.25) is 0 Å². The molecule has 0 amide bonds. The van der Waals surface area contributed by atoms with Gasteiger partial charge in [0.05, 0.1) is 13.2 Å². The summed E-state index contributed by atoms with van der Waals surface area (Å²) >= 11 is 0. The molecule has 1 aliphatic carbocycles. The molecule has 0 radical (unpaired) electrons. The van der Waals surface area contributed by atoms with Crippen LogP contribution in [0.3, 0.4) is 0 Å². The number of hydrogen-bond donors (Lipinski definition) is 1. The molecule has 1 saturated carbocycles. The maximum atomic E-state index is 10.5. The second-order valence-electron chi connectivity index (χ2n) is 4.73. The van der Waals surface area contributed by atoms with Crippen molar-refractivity contribution in [1.82, 2.24) is 0 Å². The van der Waals surface area contributed by atoms with E-state index in [1.54, 1.807) is 0 Å². The minimum atomic E-state index is -0.850. The summed E-state index contributed by atoms with van der Waals surface area (Å²) in [6, 6.07) is 0. The molecule has 0 spiro atoms. The fraction of sp³-hybridized carbons (Fsp3) is 0.750. The Kier molecular flexibility index (Phi) is 3.10. The van der Waals surface area contributed by atoms with Gasteiger partial charge in [-0.25, -0.2) is 4.79 Å². The van der Waals surface area contributed by atoms with Crippen LogP contribution in [0.1, 0.15) is 32.1 Å². The summed E-state index contributed by atoms with van der Waals surface area (Å²) in [5.74, 6) is -0.215. The molecule has 3 heteroatoms. The molecule has 0 aromatic carbocycles. The van der Waals surface area contributed by atoms with E-state index in [0.717, 1.165) is 0 Å². The van der Waals surface area contributed by atoms with E-state index in [1.807, 2.05) is 6.08 Å². The average molecular weight is 210 g/mol. The Morgan fingerprint density at radius 3 is 2.40 bits per heavy atom. The van der Waals surface area contributed by atoms with Crippen LogP contribution in [0.15, 0.2) is 12.2 Å². The van der Waals surface area contributed by atoms with Gasteiger partial charge in [0.1, 0.15) is 0 Å². The molecule has 2 aliphatic rings. The van der Waals surface area contributed by atoms with E-state index in [2.05, 4.69) is 0 Å². The molecule has 0 atom stereocenters. The highest BCUT2D eigenvalue weighted by Gasteiger charge is 2.43. The normalized spacial score (nSPS) is 26.4. The van der Waals surface area contributed by atoms with Crippen molar-refractivity contribution in [3.8, 4) is 0 Å². The molecule has 15 heavy (non-hydrogen) atoms. The predicted octanol–water partition coefficient (Wildman–Crippen LogP) is 2.22. The molecule has 1 aliphatic heterocycles. The lowest BCUT2D eigenvalue weighted by molar-refractivity contribution is -0.133. The van der Waals surface area contributed by atoms with Gasteiger partial charge in [0.2, 0.25) is 0 Å². The van der Waals surface area contributed by atoms with E-state index in [0.29, 0.717) is 19.1 Å². The van der Waals surface area contributed by atoms with Gasteiger partial charge in [0.15, 0.2) is 0 Å². The number of carboxylic acids is 1. The quantitative estimate of drug-likeness (QED) is 0.726. The van der Waals surface area contributed by atoms with Crippen molar-refractivity contribution in [3.63, 3.8) is 0 Å². The fourth-order valence-corrected chi connectivity index (χ4v) is 2.72. The van der Waals surface area contributed by atoms with Crippen molar-refractivity contribution < 1.29 is 14.6 Å². The molecule has 0 unspecified atom stereocenters. The monoisotopic (exact) mass is 210 g/mol. The first-order chi connectivity index (χ1) is 7.23. The number of hydrogen-bond acceptors (Lipinski definition) is 2. The Balaban J connectivity index is 2.03. The molecule has 2 fully saturated rings. The van der Waals surface area contributed by atoms with Gasteiger partial charge < -0.3 is 9.84 Å². The van der Waals surface area contributed by atoms with Crippen LogP contribution in [0.25, 0.3) is 0 Å². The second-order valence-corrected chi connectivity index (χ2v) is 4.73. The summed E-state index contributed by atoms with van der Waals surface area (Å²) in [5.41, 5.74) is 0.0405. The Morgan fingerprint density at radius 2 is 1.93 bits per heavy atom. The van der Waals surface area contributed by atoms with Crippen LogP contribution in [0, 0.1) is 11.3 Å². The van der Waals surface area contributed by atoms with E-state index >= 15 is 0 Å². The van der Waals surface area contributed by atoms with Gasteiger partial charge in [-0.1, -0.05) is 25.3 Å². The number of carbonyl (C=O) groups is 1. The zero-order valence-electron chi connectivity index (χ0n) is 8.95. The smallest absolute Gasteiger partial charge is 0.328 e. The first-order valence-electron chi connectivity index (χ1n) is 5.73. The molecule has 0 bridgehead atoms. The lowest BCUT2D eigenvalue weighted by atomic mass is 9.67. The third-order valence-corrected chi connectivity index (χ3v) is 3.72. The number of rotatable bonds is 3. The van der Waals surface area contributed by atoms with Crippen LogP contribution in [0.4, 0.5) is 0 Å². The van der Waals surface area contributed by atoms with E-state index in [4.69, 9.17) is 9.84 Å². The standard InChI is InChI=1S/C12H18O3/c13-11(14)6-7-12(8-15-9-12)10-4-2-1-3-5-10/h6-7,10H,1-5,8-9H2,(H,13,14)/b7-6+. The van der Waals surface area contributed by atoms with Gasteiger partial charge in [0.25, 0.3) is 0 Å². The lowest BCUT2D eigenvalue weighted by Crippen LogP contribution is -2.47. The highest BCUT2D eigenvalue weighted by Crippen LogP contribution is 2.44. The molecule has 3 nitrogen and oxygen atoms in total. The average Bonchev–Trinajstić information content (AvgIpc) is 2.17. The second kappa shape index (κ2) is 4.35. The van der Waals surface area contributed by atoms with Crippen LogP contribution >= 0.6 is 0 Å². The number of ether oxygens (including phenoxy) is 1. The van der Waals surface area contributed by atoms with Gasteiger partial charge in [0, 0.05) is 11.5 Å². The van der Waals surface area contributed by atoms with E-state index in [1.165, 1.54) is 38.2 Å². The predicted molar refractivity (Wildman–Crippen MR) is 56.6 cm³/mol. The largest absolute Gasteiger partial charge is 0.478 e. The Morgan fingerprint density at radius 1 is 1.27 bits per heavy atom. The third-order valence-electron chi connectivity index (χ3n) is 3.72. The van der Waals surface area contributed by atoms with Crippen molar-refractivity contribution >= 4 is 5.97 Å². The summed E-state index contributed by atoms with van der Waals surface area (Å²) in [5, 5.41) is 8.67. The molecule has 84 valence electrons. The maximum absolute atomic E-state index is 10.5. The molecule has 1 saturated heterocycles. The molecule has 0 aromatic rings. The van der Waals surface area contributed by atoms with E-state index in [9.17, 15) is 4.79 Å². The number of carboxylic acid groups (broad SMARTS) is 1. The summed E-state index contributed by atoms with van der Waals surface area (Å²) in [6.07, 6.45) is 9.52. The van der Waals surface area contributed by atoms with Crippen molar-refractivity contribution in [2.75, 3.05) is 13.2 Å². The Labute approximate surface area is 90.1 Å². The highest BCUT2D eigenvalue weighted by atomic mass is 16.5. The Bertz CT molecular complexity index is 260. The summed E-state index contributed by atoms with van der Waals surface area (Å²) in [6.45, 7) is 1.42. The van der Waals surface area contributed by atoms with Crippen molar-refractivity contribution in [3.05, 3.63) is 12.2 Å². The molecular formula is C12H18O3. The zero-order chi connectivity index (χ0) is 10.7. The molecular weight excluding hydrogens is 192 g/mol. The van der Waals surface area contributed by atoms with Gasteiger partial charge in [-0.15, -0.1) is 0 Å². The van der Waals surface area contributed by atoms with Gasteiger partial charge in [-0.05, 0) is 18.8 Å². The van der Waals surface area contributed by atoms with E-state index in [-0.39, 0.29) is 5.41 Å². The minimum absolute atomic E-state index is 0.0405. The van der Waals surface area contributed by atoms with Crippen molar-refractivity contribution in [2.24, 2.45) is 11.3 Å². The van der Waals surface area contributed by atoms with Crippen molar-refractivity contribution in [2.45, 2.75) is 32.1 Å². The Hall–Kier alpha value is -0.830. The highest BCUT2D eigenvalue weighted by molar-refractivity contribution is 5.79. The van der Waals surface area contributed by atoms with Crippen LogP contribution in [-0.2, 0) is 9.53 Å². The summed E-state index contributed by atoms with van der Waals surface area (Å²) < 4.78 is 5.28. The van der Waals surface area contributed by atoms with Crippen LogP contribution < -0.4 is 0 Å². The van der Waals surface area contributed by atoms with Gasteiger partial charge in [-0.2, -0.15) is 0 Å². The maximum Gasteiger partial charge on any atom is 0.328 e. The molecule has 1 heterocycles. The van der Waals surface area contributed by atoms with Crippen LogP contribution in [0.5, 0.6) is 0 Å². The fourth-order valence-electron chi connectivity index (χ4n) is 2.72.